The highest BCUT2D eigenvalue weighted by Gasteiger charge is 2.42. The predicted octanol–water partition coefficient (Wildman–Crippen LogP) is 10.5. The fourth-order valence-corrected chi connectivity index (χ4v) is 8.07. The maximum absolute atomic E-state index is 11.8. The first-order valence-electron chi connectivity index (χ1n) is 33.7. The number of carbonyl (C=O) groups excluding carboxylic acids is 2. The van der Waals surface area contributed by atoms with Crippen LogP contribution in [-0.2, 0) is 32.2 Å². The van der Waals surface area contributed by atoms with E-state index in [1.54, 1.807) is 20.5 Å². The number of aliphatic hydroxyl groups is 5. The summed E-state index contributed by atoms with van der Waals surface area (Å²) in [5, 5.41) is 32.6. The van der Waals surface area contributed by atoms with E-state index in [1.807, 2.05) is 27.7 Å². The summed E-state index contributed by atoms with van der Waals surface area (Å²) >= 11 is 16.6. The maximum atomic E-state index is 11.8. The Kier molecular flexibility index (Phi) is 65.2. The lowest BCUT2D eigenvalue weighted by Gasteiger charge is -2.45. The first kappa shape index (κ1) is 68.3. The van der Waals surface area contributed by atoms with Crippen LogP contribution in [0, 0.1) is 0 Å². The van der Waals surface area contributed by atoms with Crippen molar-refractivity contribution in [3.8, 4) is 0 Å². The van der Waals surface area contributed by atoms with Crippen molar-refractivity contribution < 1.29 is 57.7 Å². The topological polar surface area (TPSA) is 185 Å². The van der Waals surface area contributed by atoms with Crippen LogP contribution in [0.2, 0.25) is 20.5 Å². The Balaban J connectivity index is -0.000000223. The molecule has 0 saturated carbocycles. The van der Waals surface area contributed by atoms with Crippen LogP contribution in [0.25, 0.3) is 0 Å². The van der Waals surface area contributed by atoms with E-state index < -0.39 is 21.3 Å². The van der Waals surface area contributed by atoms with E-state index in [1.165, 1.54) is 43.3 Å². The van der Waals surface area contributed by atoms with Crippen LogP contribution in [-0.4, -0.2) is 177 Å². The van der Waals surface area contributed by atoms with Crippen LogP contribution in [0.3, 0.4) is 0 Å². The number of rotatable bonds is 37. The van der Waals surface area contributed by atoms with E-state index in [0.29, 0.717) is 36.7 Å². The van der Waals surface area contributed by atoms with Crippen LogP contribution < -0.4 is 0 Å². The van der Waals surface area contributed by atoms with Gasteiger partial charge in [-0.1, -0.05) is 97.7 Å². The molecule has 0 aromatic carbocycles. The van der Waals surface area contributed by atoms with E-state index in [9.17, 15) is 9.59 Å². The first-order valence-corrected chi connectivity index (χ1v) is 33.0. The molecule has 0 aliphatic carbocycles. The Labute approximate surface area is 520 Å². The Hall–Kier alpha value is 1.49. The summed E-state index contributed by atoms with van der Waals surface area (Å²) in [6.07, 6.45) is 25.4. The number of halogens is 1. The third-order valence-corrected chi connectivity index (χ3v) is 13.0. The number of hydrogen-bond donors (Lipinski definition) is 8. The van der Waals surface area contributed by atoms with Crippen molar-refractivity contribution >= 4 is 125 Å². The molecule has 454 valence electrons. The average molecular weight is 1260 g/mol. The average Bonchev–Trinajstić information content (AvgIpc) is 4.22. The van der Waals surface area contributed by atoms with Gasteiger partial charge in [-0.25, -0.2) is 37.4 Å². The van der Waals surface area contributed by atoms with Crippen molar-refractivity contribution in [2.24, 2.45) is 0 Å². The molecule has 0 unspecified atom stereocenters. The lowest BCUT2D eigenvalue weighted by molar-refractivity contribution is -0.320. The van der Waals surface area contributed by atoms with Gasteiger partial charge >= 0.3 is 0 Å². The van der Waals surface area contributed by atoms with Gasteiger partial charge in [0, 0.05) is 37.4 Å². The minimum Gasteiger partial charge on any atom is -0.394 e. The van der Waals surface area contributed by atoms with Gasteiger partial charge in [-0.15, -0.1) is 0 Å². The lowest BCUT2D eigenvalue weighted by atomic mass is 9.93. The molecule has 3 rings (SSSR count). The molecule has 0 bridgehead atoms. The number of aldehydes is 1. The van der Waals surface area contributed by atoms with Crippen molar-refractivity contribution in [3.63, 3.8) is 0 Å². The van der Waals surface area contributed by atoms with Crippen LogP contribution >= 0.6 is 77.5 Å². The third-order valence-electron chi connectivity index (χ3n) is 11.4. The highest BCUT2D eigenvalue weighted by molar-refractivity contribution is 9.09. The molecule has 1 spiro atoms. The number of hydrogen-bond acceptors (Lipinski definition) is 17. The van der Waals surface area contributed by atoms with Crippen molar-refractivity contribution in [1.82, 2.24) is 0 Å². The monoisotopic (exact) mass is 1260 g/mol. The fraction of sp³-hybridized carbons (Fsp3) is 0.962. The third kappa shape index (κ3) is 69.8. The minimum atomic E-state index is -0.858. The molecule has 76 heavy (non-hydrogen) atoms. The number of ketones is 1. The number of unbranched alkanes of at least 4 members (excludes halogenated alkanes) is 2. The molecule has 0 radical (unpaired) electrons. The van der Waals surface area contributed by atoms with Gasteiger partial charge in [-0.2, -0.15) is 0 Å². The molecule has 0 aromatic heterocycles. The second-order valence-electron chi connectivity index (χ2n) is 18.0. The van der Waals surface area contributed by atoms with Crippen LogP contribution in [0.1, 0.15) is 215 Å². The summed E-state index contributed by atoms with van der Waals surface area (Å²) in [5.74, 6) is -0.253. The van der Waals surface area contributed by atoms with Crippen molar-refractivity contribution in [1.29, 1.82) is 13.6 Å². The molecule has 5 N–H and O–H groups in total. The Morgan fingerprint density at radius 2 is 1.16 bits per heavy atom. The van der Waals surface area contributed by atoms with Gasteiger partial charge in [0.1, 0.15) is 27.6 Å². The molecule has 3 aliphatic rings. The Morgan fingerprint density at radius 1 is 0.750 bits per heavy atom. The number of alkyl halides is 1. The fourth-order valence-electron chi connectivity index (χ4n) is 6.74. The molecule has 8 atom stereocenters. The normalized spacial score (nSPS) is 20.0. The molecule has 3 fully saturated rings. The van der Waals surface area contributed by atoms with E-state index in [4.69, 9.17) is 46.4 Å². The van der Waals surface area contributed by atoms with E-state index in [2.05, 4.69) is 89.5 Å². The second-order valence-corrected chi connectivity index (χ2v) is 21.9. The molecule has 3 aliphatic heterocycles. The first-order chi connectivity index (χ1) is 40.8. The van der Waals surface area contributed by atoms with Crippen molar-refractivity contribution in [2.75, 3.05) is 36.5 Å². The molecule has 3 saturated heterocycles. The predicted molar refractivity (Wildman–Crippen MR) is 357 cm³/mol. The summed E-state index contributed by atoms with van der Waals surface area (Å²) in [6, 6.07) is 0. The lowest BCUT2D eigenvalue weighted by Crippen LogP contribution is -2.49. The van der Waals surface area contributed by atoms with Crippen molar-refractivity contribution in [3.05, 3.63) is 0 Å². The number of carbonyl (C=O) groups is 2. The number of Topliss-reactive ketones (excluding diaryl/α,β-unsaturated/α-hetero) is 1. The zero-order valence-electron chi connectivity index (χ0n) is 59.2. The summed E-state index contributed by atoms with van der Waals surface area (Å²) in [4.78, 5) is 21.9. The molecule has 23 heteroatoms. The van der Waals surface area contributed by atoms with Gasteiger partial charge in [0.25, 0.3) is 0 Å². The van der Waals surface area contributed by atoms with Gasteiger partial charge in [-0.3, -0.25) is 4.79 Å². The summed E-state index contributed by atoms with van der Waals surface area (Å²) in [7, 11) is -1.68. The van der Waals surface area contributed by atoms with Gasteiger partial charge in [0.05, 0.1) is 68.7 Å². The molecule has 0 amide bonds. The summed E-state index contributed by atoms with van der Waals surface area (Å²) < 4.78 is 95.1. The summed E-state index contributed by atoms with van der Waals surface area (Å²) in [6.45, 7) is 20.0. The van der Waals surface area contributed by atoms with Gasteiger partial charge in [0.2, 0.25) is 4.29 Å². The second kappa shape index (κ2) is 72.6. The van der Waals surface area contributed by atoms with Crippen LogP contribution in [0.15, 0.2) is 0 Å². The molecule has 12 nitrogen and oxygen atoms in total. The van der Waals surface area contributed by atoms with Crippen molar-refractivity contribution in [2.45, 2.75) is 290 Å². The zero-order chi connectivity index (χ0) is 67.0. The van der Waals surface area contributed by atoms with E-state index in [0.717, 1.165) is 147 Å². The number of ether oxygens (including phenoxy) is 3. The highest BCUT2D eigenvalue weighted by atomic mass is 79.9. The van der Waals surface area contributed by atoms with Gasteiger partial charge in [-0.05, 0) is 167 Å². The number of aliphatic hydroxyl groups excluding tert-OH is 5. The number of epoxide rings is 1. The molecule has 0 aromatic rings. The Morgan fingerprint density at radius 3 is 1.47 bits per heavy atom. The smallest absolute Gasteiger partial charge is 0.210 e. The van der Waals surface area contributed by atoms with Crippen LogP contribution in [0.4, 0.5) is 0 Å². The zero-order valence-corrected chi connectivity index (χ0v) is 55.1. The standard InChI is InChI=1S/C14H29BO3S.C11H20O4.C8H17BO2S.C7H16O.C6H13BrO.C4H8O.3CH5BS/c1-3-12(16)7-5-8-13(17)9-6-10-14(4-2)18-19-11-15;12-7-9-3-1-5-11(14-9)6-2-4-10(8-13)15-11;1-2-8(11-12-7-9)5-3-4-6-10;1-3-5-6-7(8)4-2;1-2-6(8)4-3-5-7;1-2-4-3-5-4;3*1-2-3/h12,14,16H,3-11,15H2,1-2H3;9-10,12-13H,1-8H2;6,8H,2-5,7,9H2,1H3;7-8H,3-6H2,1-2H3;6,8H,2-5H2,1H3;4H,2-3H2,1H3;3*2-3H,1H3/t12-,14-;9-,10-,11?;8-;7-;6-;4-;;;/m010000.../s1/i15TD,16T;;9TD;2*8T;;3*2D. The molecular weight excluding hydrogens is 1120 g/mol. The molecular formula is C53H118B5BrO12S5. The largest absolute Gasteiger partial charge is 0.394 e. The van der Waals surface area contributed by atoms with Gasteiger partial charge < -0.3 is 52.9 Å². The van der Waals surface area contributed by atoms with Crippen LogP contribution in [0.5, 0.6) is 0 Å². The van der Waals surface area contributed by atoms with E-state index in [-0.39, 0.29) is 81.3 Å². The SMILES string of the molecule is CC[C@H]1CO1.OC[C@H]1CCCC2(CCC[C@H](CO)O2)O1.[2H]B(C)S.[2H]B(C)S.[2H]B(C)S.[2H]B([3H])CSO[C@@H](CC)CCCC(=O)CCC[C@H](CC)O[3H].[2H]B([3H])CSO[C@@H](CC)CCCC=O.[3H]O[C@@H](CC)CCCBr.[3H]O[C@@H](CC)CCCC. The minimum absolute atomic E-state index is 0.0550. The quantitative estimate of drug-likeness (QED) is 0.00559. The summed E-state index contributed by atoms with van der Waals surface area (Å²) in [5.41, 5.74) is 0.732. The number of thiol groups is 3. The highest BCUT2D eigenvalue weighted by Crippen LogP contribution is 2.39. The Bertz CT molecular complexity index is 1320. The van der Waals surface area contributed by atoms with Gasteiger partial charge in [0.15, 0.2) is 25.4 Å². The maximum Gasteiger partial charge on any atom is 0.210 e. The van der Waals surface area contributed by atoms with E-state index >= 15 is 0 Å². The molecule has 3 heterocycles.